The molecule has 23 nitrogen and oxygen atoms in total. The number of aliphatic hydroxyl groups is 12. The number of ether oxygens (including phenoxy) is 7. The lowest BCUT2D eigenvalue weighted by Crippen LogP contribution is -2.68. The van der Waals surface area contributed by atoms with E-state index >= 15 is 0 Å². The number of aliphatic hydroxyl groups excluding tert-OH is 12. The van der Waals surface area contributed by atoms with Gasteiger partial charge in [0.05, 0.1) is 26.4 Å². The molecular weight excluding hydrogens is 700 g/mol. The first-order valence-corrected chi connectivity index (χ1v) is 16.1. The van der Waals surface area contributed by atoms with Crippen molar-refractivity contribution in [1.29, 1.82) is 0 Å². The van der Waals surface area contributed by atoms with Gasteiger partial charge in [-0.2, -0.15) is 0 Å². The molecule has 0 spiro atoms. The van der Waals surface area contributed by atoms with E-state index in [4.69, 9.17) is 33.2 Å². The Kier molecular flexibility index (Phi) is 14.8. The Bertz CT molecular complexity index is 1140. The second-order valence-electron chi connectivity index (χ2n) is 12.7. The third-order valence-corrected chi connectivity index (χ3v) is 8.99. The van der Waals surface area contributed by atoms with Crippen LogP contribution in [-0.4, -0.2) is 222 Å². The van der Waals surface area contributed by atoms with E-state index in [1.807, 2.05) is 0 Å². The smallest absolute Gasteiger partial charge is 0.217 e. The summed E-state index contributed by atoms with van der Waals surface area (Å²) in [6, 6.07) is -2.94. The summed E-state index contributed by atoms with van der Waals surface area (Å²) in [6.07, 6.45) is -30.8. The molecule has 4 rings (SSSR count). The van der Waals surface area contributed by atoms with Gasteiger partial charge in [-0.1, -0.05) is 0 Å². The minimum Gasteiger partial charge on any atom is -0.394 e. The Morgan fingerprint density at radius 3 is 1.41 bits per heavy atom. The monoisotopic (exact) mass is 748 g/mol. The maximum absolute atomic E-state index is 12.1. The number of hydrogen-bond acceptors (Lipinski definition) is 21. The Labute approximate surface area is 289 Å². The van der Waals surface area contributed by atoms with Crippen LogP contribution >= 0.6 is 0 Å². The zero-order valence-electron chi connectivity index (χ0n) is 27.4. The summed E-state index contributed by atoms with van der Waals surface area (Å²) in [4.78, 5) is 23.7. The molecule has 2 amide bonds. The Morgan fingerprint density at radius 2 is 0.922 bits per heavy atom. The fraction of sp³-hybridized carbons (Fsp3) is 0.929. The number of hydrogen-bond donors (Lipinski definition) is 14. The van der Waals surface area contributed by atoms with Gasteiger partial charge in [0.1, 0.15) is 97.5 Å². The van der Waals surface area contributed by atoms with Crippen molar-refractivity contribution < 1.29 is 104 Å². The normalized spacial score (nSPS) is 47.8. The van der Waals surface area contributed by atoms with Crippen LogP contribution in [0.5, 0.6) is 0 Å². The molecule has 0 aromatic rings. The first kappa shape index (κ1) is 41.9. The van der Waals surface area contributed by atoms with Gasteiger partial charge < -0.3 is 105 Å². The minimum absolute atomic E-state index is 0.657. The molecule has 4 saturated heterocycles. The van der Waals surface area contributed by atoms with E-state index in [2.05, 4.69) is 10.6 Å². The molecular formula is C28H48N2O21. The summed E-state index contributed by atoms with van der Waals surface area (Å²) in [5.41, 5.74) is 0. The first-order valence-electron chi connectivity index (χ1n) is 16.1. The van der Waals surface area contributed by atoms with Gasteiger partial charge in [-0.15, -0.1) is 0 Å². The number of carbonyl (C=O) groups is 2. The Morgan fingerprint density at radius 1 is 0.510 bits per heavy atom. The van der Waals surface area contributed by atoms with E-state index in [0.717, 1.165) is 13.8 Å². The molecule has 4 heterocycles. The van der Waals surface area contributed by atoms with Crippen molar-refractivity contribution in [2.75, 3.05) is 26.4 Å². The van der Waals surface area contributed by atoms with Crippen LogP contribution in [0.1, 0.15) is 13.8 Å². The van der Waals surface area contributed by atoms with Crippen molar-refractivity contribution in [3.8, 4) is 0 Å². The largest absolute Gasteiger partial charge is 0.394 e. The van der Waals surface area contributed by atoms with Crippen LogP contribution in [-0.2, 0) is 42.7 Å². The molecule has 23 heteroatoms. The average Bonchev–Trinajstić information content (AvgIpc) is 3.09. The van der Waals surface area contributed by atoms with Crippen molar-refractivity contribution in [2.45, 2.75) is 137 Å². The minimum atomic E-state index is -1.96. The zero-order chi connectivity index (χ0) is 37.9. The summed E-state index contributed by atoms with van der Waals surface area (Å²) in [5.74, 6) is -1.36. The third-order valence-electron chi connectivity index (χ3n) is 8.99. The number of carbonyl (C=O) groups excluding carboxylic acids is 2. The molecule has 51 heavy (non-hydrogen) atoms. The molecule has 4 fully saturated rings. The van der Waals surface area contributed by atoms with Crippen LogP contribution in [0.25, 0.3) is 0 Å². The van der Waals surface area contributed by atoms with Gasteiger partial charge in [-0.25, -0.2) is 0 Å². The maximum atomic E-state index is 12.1. The van der Waals surface area contributed by atoms with Crippen LogP contribution in [0.2, 0.25) is 0 Å². The molecule has 0 aromatic heterocycles. The van der Waals surface area contributed by atoms with Gasteiger partial charge in [0.25, 0.3) is 0 Å². The van der Waals surface area contributed by atoms with Crippen molar-refractivity contribution >= 4 is 11.8 Å². The van der Waals surface area contributed by atoms with Crippen LogP contribution < -0.4 is 10.6 Å². The fourth-order valence-corrected chi connectivity index (χ4v) is 6.25. The van der Waals surface area contributed by atoms with Crippen molar-refractivity contribution in [3.05, 3.63) is 0 Å². The highest BCUT2D eigenvalue weighted by Crippen LogP contribution is 2.32. The molecule has 14 N–H and O–H groups in total. The quantitative estimate of drug-likeness (QED) is 0.0881. The molecule has 0 radical (unpaired) electrons. The van der Waals surface area contributed by atoms with E-state index in [1.165, 1.54) is 0 Å². The van der Waals surface area contributed by atoms with Gasteiger partial charge in [-0.05, 0) is 0 Å². The molecule has 0 bridgehead atoms. The summed E-state index contributed by atoms with van der Waals surface area (Å²) < 4.78 is 38.9. The molecule has 0 aromatic carbocycles. The van der Waals surface area contributed by atoms with Crippen molar-refractivity contribution in [3.63, 3.8) is 0 Å². The van der Waals surface area contributed by atoms with Crippen LogP contribution in [0, 0.1) is 0 Å². The van der Waals surface area contributed by atoms with Crippen LogP contribution in [0.4, 0.5) is 0 Å². The third kappa shape index (κ3) is 9.29. The average molecular weight is 749 g/mol. The molecule has 0 aliphatic carbocycles. The predicted molar refractivity (Wildman–Crippen MR) is 157 cm³/mol. The fourth-order valence-electron chi connectivity index (χ4n) is 6.25. The van der Waals surface area contributed by atoms with Crippen molar-refractivity contribution in [1.82, 2.24) is 10.6 Å². The summed E-state index contributed by atoms with van der Waals surface area (Å²) in [6.45, 7) is -0.985. The summed E-state index contributed by atoms with van der Waals surface area (Å²) >= 11 is 0. The van der Waals surface area contributed by atoms with E-state index in [-0.39, 0.29) is 0 Å². The SMILES string of the molecule is CC(=O)N[C@@H]1[C@@H](O)[C@H](O[C@@H]2O[C@H](CO[C@@H]3O[C@H](CO)[C@@H](O[C@@H]4O[C@H](CO)[C@H](O)[C@H](O)[C@H]4O)[C@@H](O)[C@H]3NC(C)=O)[C@H](O)[C@H](O)[C@H]2O)[C@@H](CO)O[C@H]1O. The van der Waals surface area contributed by atoms with Crippen LogP contribution in [0.15, 0.2) is 0 Å². The second kappa shape index (κ2) is 18.0. The molecule has 20 atom stereocenters. The highest BCUT2D eigenvalue weighted by atomic mass is 16.8. The zero-order valence-corrected chi connectivity index (χ0v) is 27.4. The van der Waals surface area contributed by atoms with Gasteiger partial charge in [0, 0.05) is 13.8 Å². The number of amides is 2. The lowest BCUT2D eigenvalue weighted by Gasteiger charge is -2.48. The lowest BCUT2D eigenvalue weighted by molar-refractivity contribution is -0.360. The standard InChI is InChI=1S/C28H48N2O21/c1-7(34)29-13-17(38)23(10(4-32)46-25(13)44)50-28-22(43)20(41)16(37)12(49-28)6-45-26-14(30-8(2)35)18(39)24(11(5-33)48-26)51-27-21(42)19(40)15(36)9(3-31)47-27/h9-28,31-33,36-44H,3-6H2,1-2H3,(H,29,34)(H,30,35)/t9-,10-,11-,12-,13-,14-,15+,16+,17-,18+,19+,20+,21-,22-,23-,24-,25-,26-,27+,28+/m1/s1. The molecule has 4 aliphatic rings. The first-order chi connectivity index (χ1) is 24.0. The van der Waals surface area contributed by atoms with Crippen molar-refractivity contribution in [2.24, 2.45) is 0 Å². The Balaban J connectivity index is 1.48. The molecule has 4 aliphatic heterocycles. The van der Waals surface area contributed by atoms with Gasteiger partial charge in [0.2, 0.25) is 11.8 Å². The topological polar surface area (TPSA) is 366 Å². The highest BCUT2D eigenvalue weighted by molar-refractivity contribution is 5.73. The number of nitrogens with one attached hydrogen (secondary N) is 2. The van der Waals surface area contributed by atoms with E-state index in [0.29, 0.717) is 0 Å². The maximum Gasteiger partial charge on any atom is 0.217 e. The predicted octanol–water partition coefficient (Wildman–Crippen LogP) is -9.46. The summed E-state index contributed by atoms with van der Waals surface area (Å²) in [7, 11) is 0. The lowest BCUT2D eigenvalue weighted by atomic mass is 9.95. The van der Waals surface area contributed by atoms with E-state index in [1.54, 1.807) is 0 Å². The van der Waals surface area contributed by atoms with Gasteiger partial charge >= 0.3 is 0 Å². The van der Waals surface area contributed by atoms with Gasteiger partial charge in [0.15, 0.2) is 25.2 Å². The second-order valence-corrected chi connectivity index (χ2v) is 12.7. The molecule has 0 saturated carbocycles. The summed E-state index contributed by atoms with van der Waals surface area (Å²) in [5, 5.41) is 129. The van der Waals surface area contributed by atoms with E-state index < -0.39 is 161 Å². The highest BCUT2D eigenvalue weighted by Gasteiger charge is 2.54. The molecule has 0 unspecified atom stereocenters. The van der Waals surface area contributed by atoms with Gasteiger partial charge in [-0.3, -0.25) is 9.59 Å². The molecule has 296 valence electrons. The van der Waals surface area contributed by atoms with E-state index in [9.17, 15) is 70.9 Å². The van der Waals surface area contributed by atoms with Crippen LogP contribution in [0.3, 0.4) is 0 Å². The number of rotatable bonds is 12. The Hall–Kier alpha value is -1.82.